The molecule has 2 heteroatoms. The third-order valence-corrected chi connectivity index (χ3v) is 6.37. The first kappa shape index (κ1) is 18.4. The fraction of sp³-hybridized carbons (Fsp3) is 0.565. The van der Waals surface area contributed by atoms with Gasteiger partial charge in [0.05, 0.1) is 0 Å². The zero-order valence-corrected chi connectivity index (χ0v) is 16.6. The summed E-state index contributed by atoms with van der Waals surface area (Å²) in [5, 5.41) is 0. The highest BCUT2D eigenvalue weighted by molar-refractivity contribution is 5.48. The summed E-state index contributed by atoms with van der Waals surface area (Å²) in [6.07, 6.45) is 9.68. The van der Waals surface area contributed by atoms with Crippen LogP contribution < -0.4 is 0 Å². The second kappa shape index (κ2) is 7.09. The van der Waals surface area contributed by atoms with Crippen LogP contribution in [0.15, 0.2) is 48.1 Å². The van der Waals surface area contributed by atoms with Gasteiger partial charge in [0.25, 0.3) is 0 Å². The van der Waals surface area contributed by atoms with E-state index >= 15 is 0 Å². The second-order valence-electron chi connectivity index (χ2n) is 8.93. The standard InChI is InChI=1S/C23H34N2/c1-22(2)20-14-17-25(16-9-12-19-10-7-6-8-11-19)18-23(20,3)15-13-21(22)24(4)5/h6-12,14,21H,13,15-18H2,1-5H3/t21-,23+/m0/s1. The lowest BCUT2D eigenvalue weighted by Crippen LogP contribution is -2.54. The van der Waals surface area contributed by atoms with Gasteiger partial charge < -0.3 is 4.90 Å². The first-order valence-corrected chi connectivity index (χ1v) is 9.64. The van der Waals surface area contributed by atoms with Crippen molar-refractivity contribution in [3.63, 3.8) is 0 Å². The van der Waals surface area contributed by atoms with Crippen molar-refractivity contribution in [2.24, 2.45) is 10.8 Å². The van der Waals surface area contributed by atoms with Crippen molar-refractivity contribution >= 4 is 6.08 Å². The number of rotatable bonds is 4. The maximum absolute atomic E-state index is 2.59. The quantitative estimate of drug-likeness (QED) is 0.734. The molecule has 1 saturated carbocycles. The smallest absolute Gasteiger partial charge is 0.0178 e. The molecule has 1 aromatic rings. The predicted molar refractivity (Wildman–Crippen MR) is 109 cm³/mol. The molecule has 0 N–H and O–H groups in total. The lowest BCUT2D eigenvalue weighted by Gasteiger charge is -2.55. The molecule has 0 bridgehead atoms. The molecular formula is C23H34N2. The Bertz CT molecular complexity index is 641. The zero-order valence-electron chi connectivity index (χ0n) is 16.6. The summed E-state index contributed by atoms with van der Waals surface area (Å²) >= 11 is 0. The highest BCUT2D eigenvalue weighted by Gasteiger charge is 2.49. The van der Waals surface area contributed by atoms with Crippen molar-refractivity contribution in [3.8, 4) is 0 Å². The van der Waals surface area contributed by atoms with E-state index in [4.69, 9.17) is 0 Å². The summed E-state index contributed by atoms with van der Waals surface area (Å²) in [7, 11) is 4.47. The van der Waals surface area contributed by atoms with Crippen LogP contribution in [0.25, 0.3) is 6.08 Å². The summed E-state index contributed by atoms with van der Waals surface area (Å²) in [6, 6.07) is 11.2. The van der Waals surface area contributed by atoms with E-state index in [-0.39, 0.29) is 5.41 Å². The third kappa shape index (κ3) is 3.75. The van der Waals surface area contributed by atoms with Crippen molar-refractivity contribution < 1.29 is 0 Å². The minimum atomic E-state index is 0.266. The SMILES string of the molecule is CN(C)[C@H]1CC[C@]2(C)CN(CC=Cc3ccccc3)CC=C2C1(C)C. The van der Waals surface area contributed by atoms with Gasteiger partial charge in [-0.1, -0.05) is 74.9 Å². The summed E-state index contributed by atoms with van der Waals surface area (Å²) in [4.78, 5) is 5.02. The lowest BCUT2D eigenvalue weighted by atomic mass is 9.57. The van der Waals surface area contributed by atoms with E-state index < -0.39 is 0 Å². The maximum Gasteiger partial charge on any atom is 0.0178 e. The Morgan fingerprint density at radius 3 is 2.56 bits per heavy atom. The van der Waals surface area contributed by atoms with Gasteiger partial charge in [-0.05, 0) is 32.5 Å². The normalized spacial score (nSPS) is 29.7. The van der Waals surface area contributed by atoms with Crippen LogP contribution >= 0.6 is 0 Å². The predicted octanol–water partition coefficient (Wildman–Crippen LogP) is 4.70. The highest BCUT2D eigenvalue weighted by Crippen LogP contribution is 2.53. The molecular weight excluding hydrogens is 304 g/mol. The van der Waals surface area contributed by atoms with E-state index in [9.17, 15) is 0 Å². The molecule has 1 aliphatic carbocycles. The lowest BCUT2D eigenvalue weighted by molar-refractivity contribution is 0.0526. The number of hydrogen-bond donors (Lipinski definition) is 0. The average molecular weight is 339 g/mol. The van der Waals surface area contributed by atoms with Gasteiger partial charge in [0.2, 0.25) is 0 Å². The zero-order chi connectivity index (χ0) is 18.1. The molecule has 0 radical (unpaired) electrons. The van der Waals surface area contributed by atoms with Gasteiger partial charge in [-0.3, -0.25) is 4.90 Å². The summed E-state index contributed by atoms with van der Waals surface area (Å²) in [5.41, 5.74) is 3.57. The third-order valence-electron chi connectivity index (χ3n) is 6.37. The van der Waals surface area contributed by atoms with Crippen LogP contribution in [0.4, 0.5) is 0 Å². The van der Waals surface area contributed by atoms with Crippen molar-refractivity contribution in [1.82, 2.24) is 9.80 Å². The molecule has 1 aliphatic heterocycles. The monoisotopic (exact) mass is 338 g/mol. The Kier molecular flexibility index (Phi) is 5.22. The van der Waals surface area contributed by atoms with E-state index in [1.165, 1.54) is 24.9 Å². The summed E-state index contributed by atoms with van der Waals surface area (Å²) in [5.74, 6) is 0. The van der Waals surface area contributed by atoms with Gasteiger partial charge in [-0.25, -0.2) is 0 Å². The summed E-state index contributed by atoms with van der Waals surface area (Å²) in [6.45, 7) is 10.7. The Morgan fingerprint density at radius 1 is 1.16 bits per heavy atom. The maximum atomic E-state index is 2.59. The first-order chi connectivity index (χ1) is 11.8. The van der Waals surface area contributed by atoms with Gasteiger partial charge in [0, 0.05) is 36.5 Å². The van der Waals surface area contributed by atoms with E-state index in [0.29, 0.717) is 11.5 Å². The Labute approximate surface area is 154 Å². The van der Waals surface area contributed by atoms with Crippen molar-refractivity contribution in [2.75, 3.05) is 33.7 Å². The van der Waals surface area contributed by atoms with Crippen LogP contribution in [0.3, 0.4) is 0 Å². The van der Waals surface area contributed by atoms with E-state index in [1.807, 2.05) is 0 Å². The molecule has 0 spiro atoms. The molecule has 1 aromatic carbocycles. The molecule has 0 saturated heterocycles. The van der Waals surface area contributed by atoms with Crippen LogP contribution in [0.1, 0.15) is 39.2 Å². The number of fused-ring (bicyclic) bond motifs is 1. The number of nitrogens with zero attached hydrogens (tertiary/aromatic N) is 2. The van der Waals surface area contributed by atoms with E-state index in [0.717, 1.165) is 13.1 Å². The molecule has 136 valence electrons. The molecule has 0 unspecified atom stereocenters. The summed E-state index contributed by atoms with van der Waals surface area (Å²) < 4.78 is 0. The Morgan fingerprint density at radius 2 is 1.88 bits per heavy atom. The van der Waals surface area contributed by atoms with Crippen molar-refractivity contribution in [2.45, 2.75) is 39.7 Å². The van der Waals surface area contributed by atoms with E-state index in [2.05, 4.69) is 93.2 Å². The molecule has 3 rings (SSSR count). The fourth-order valence-electron chi connectivity index (χ4n) is 5.31. The molecule has 25 heavy (non-hydrogen) atoms. The Hall–Kier alpha value is -1.38. The molecule has 2 aliphatic rings. The van der Waals surface area contributed by atoms with Crippen LogP contribution in [-0.4, -0.2) is 49.6 Å². The van der Waals surface area contributed by atoms with Crippen LogP contribution in [-0.2, 0) is 0 Å². The second-order valence-corrected chi connectivity index (χ2v) is 8.93. The van der Waals surface area contributed by atoms with Gasteiger partial charge in [-0.15, -0.1) is 0 Å². The van der Waals surface area contributed by atoms with Crippen molar-refractivity contribution in [3.05, 3.63) is 53.6 Å². The van der Waals surface area contributed by atoms with Gasteiger partial charge >= 0.3 is 0 Å². The number of hydrogen-bond acceptors (Lipinski definition) is 2. The van der Waals surface area contributed by atoms with Gasteiger partial charge in [0.15, 0.2) is 0 Å². The van der Waals surface area contributed by atoms with Crippen LogP contribution in [0.2, 0.25) is 0 Å². The number of benzene rings is 1. The first-order valence-electron chi connectivity index (χ1n) is 9.64. The molecule has 1 fully saturated rings. The van der Waals surface area contributed by atoms with E-state index in [1.54, 1.807) is 5.57 Å². The van der Waals surface area contributed by atoms with Crippen LogP contribution in [0, 0.1) is 10.8 Å². The minimum absolute atomic E-state index is 0.266. The molecule has 1 heterocycles. The largest absolute Gasteiger partial charge is 0.306 e. The molecule has 0 amide bonds. The molecule has 2 nitrogen and oxygen atoms in total. The molecule has 2 atom stereocenters. The van der Waals surface area contributed by atoms with Crippen LogP contribution in [0.5, 0.6) is 0 Å². The fourth-order valence-corrected chi connectivity index (χ4v) is 5.31. The minimum Gasteiger partial charge on any atom is -0.306 e. The van der Waals surface area contributed by atoms with Crippen molar-refractivity contribution in [1.29, 1.82) is 0 Å². The van der Waals surface area contributed by atoms with Gasteiger partial charge in [0.1, 0.15) is 0 Å². The molecule has 0 aromatic heterocycles. The topological polar surface area (TPSA) is 6.48 Å². The highest BCUT2D eigenvalue weighted by atomic mass is 15.1. The van der Waals surface area contributed by atoms with Gasteiger partial charge in [-0.2, -0.15) is 0 Å². The average Bonchev–Trinajstić information content (AvgIpc) is 2.54. The Balaban J connectivity index is 1.70.